The Morgan fingerprint density at radius 3 is 1.73 bits per heavy atom. The number of imidazole rings is 1. The van der Waals surface area contributed by atoms with Crippen molar-refractivity contribution in [1.29, 1.82) is 0 Å². The Balaban J connectivity index is 2.41. The van der Waals surface area contributed by atoms with Gasteiger partial charge in [-0.1, -0.05) is 20.3 Å². The molecule has 1 aromatic rings. The zero-order chi connectivity index (χ0) is 56.5. The number of nitrogens with two attached hydrogens (primary N) is 3. The van der Waals surface area contributed by atoms with Crippen LogP contribution in [0.4, 0.5) is 0 Å². The first-order valence-electron chi connectivity index (χ1n) is 23.6. The third-order valence-corrected chi connectivity index (χ3v) is 11.7. The molecule has 2 heterocycles. The van der Waals surface area contributed by atoms with E-state index in [-0.39, 0.29) is 37.9 Å². The molecule has 0 spiro atoms. The second-order valence-electron chi connectivity index (χ2n) is 17.4. The van der Waals surface area contributed by atoms with Crippen LogP contribution in [0.1, 0.15) is 77.3 Å². The van der Waals surface area contributed by atoms with E-state index in [0.717, 1.165) is 4.90 Å². The third-order valence-electron chi connectivity index (χ3n) is 11.7. The number of aliphatic carboxylic acids is 2. The third kappa shape index (κ3) is 21.3. The van der Waals surface area contributed by atoms with Gasteiger partial charge in [-0.3, -0.25) is 57.5 Å². The Kier molecular flexibility index (Phi) is 26.7. The van der Waals surface area contributed by atoms with Gasteiger partial charge in [0, 0.05) is 44.1 Å². The van der Waals surface area contributed by atoms with Crippen LogP contribution in [-0.4, -0.2) is 205 Å². The number of hydrogen-bond donors (Lipinski definition) is 17. The first-order valence-corrected chi connectivity index (χ1v) is 23.6. The number of nitrogens with one attached hydrogen (secondary N) is 9. The fourth-order valence-electron chi connectivity index (χ4n) is 7.27. The lowest BCUT2D eigenvalue weighted by Crippen LogP contribution is -2.61. The minimum absolute atomic E-state index is 0.0255. The van der Waals surface area contributed by atoms with Crippen molar-refractivity contribution in [1.82, 2.24) is 57.4 Å². The van der Waals surface area contributed by atoms with E-state index < -0.39 is 196 Å². The molecule has 0 radical (unpaired) electrons. The van der Waals surface area contributed by atoms with Gasteiger partial charge < -0.3 is 95.2 Å². The second-order valence-corrected chi connectivity index (χ2v) is 17.4. The highest BCUT2D eigenvalue weighted by atomic mass is 16.4. The van der Waals surface area contributed by atoms with E-state index in [1.807, 2.05) is 5.32 Å². The number of carboxylic acid groups (broad SMARTS) is 2. The van der Waals surface area contributed by atoms with Gasteiger partial charge in [0.05, 0.1) is 32.7 Å². The smallest absolute Gasteiger partial charge is 0.328 e. The maximum absolute atomic E-state index is 14.2. The van der Waals surface area contributed by atoms with Crippen LogP contribution in [0.3, 0.4) is 0 Å². The van der Waals surface area contributed by atoms with Crippen molar-refractivity contribution < 1.29 is 87.9 Å². The van der Waals surface area contributed by atoms with Crippen molar-refractivity contribution in [2.75, 3.05) is 32.9 Å². The molecule has 1 aliphatic heterocycles. The summed E-state index contributed by atoms with van der Waals surface area (Å²) in [6, 6.07) is -14.3. The van der Waals surface area contributed by atoms with E-state index in [1.165, 1.54) is 12.5 Å². The molecule has 32 heteroatoms. The number of carbonyl (C=O) groups excluding carboxylic acids is 11. The number of aromatic amines is 1. The maximum atomic E-state index is 14.2. The van der Waals surface area contributed by atoms with Gasteiger partial charge in [0.15, 0.2) is 0 Å². The van der Waals surface area contributed by atoms with Gasteiger partial charge >= 0.3 is 11.9 Å². The molecule has 10 atom stereocenters. The van der Waals surface area contributed by atoms with Crippen LogP contribution in [0.15, 0.2) is 12.5 Å². The average molecular weight is 1070 g/mol. The normalized spacial score (nSPS) is 16.6. The molecule has 1 fully saturated rings. The highest BCUT2D eigenvalue weighted by Crippen LogP contribution is 2.21. The molecule has 0 bridgehead atoms. The van der Waals surface area contributed by atoms with Gasteiger partial charge in [-0.25, -0.2) is 9.78 Å². The summed E-state index contributed by atoms with van der Waals surface area (Å²) in [5, 5.41) is 65.4. The Bertz CT molecular complexity index is 2200. The van der Waals surface area contributed by atoms with Gasteiger partial charge in [-0.05, 0) is 38.0 Å². The zero-order valence-corrected chi connectivity index (χ0v) is 41.2. The van der Waals surface area contributed by atoms with Crippen LogP contribution >= 0.6 is 0 Å². The molecule has 0 unspecified atom stereocenters. The van der Waals surface area contributed by atoms with E-state index >= 15 is 0 Å². The molecule has 2 rings (SSSR count). The number of carboxylic acids is 2. The Labute approximate surface area is 428 Å². The number of likely N-dealkylation sites (tertiary alicyclic amines) is 1. The summed E-state index contributed by atoms with van der Waals surface area (Å²) < 4.78 is 0. The summed E-state index contributed by atoms with van der Waals surface area (Å²) in [5.74, 6) is -14.6. The summed E-state index contributed by atoms with van der Waals surface area (Å²) in [4.78, 5) is 176. The molecule has 1 aromatic heterocycles. The van der Waals surface area contributed by atoms with E-state index in [9.17, 15) is 82.8 Å². The Morgan fingerprint density at radius 2 is 1.20 bits per heavy atom. The molecule has 418 valence electrons. The van der Waals surface area contributed by atoms with Crippen molar-refractivity contribution in [3.63, 3.8) is 0 Å². The predicted molar refractivity (Wildman–Crippen MR) is 254 cm³/mol. The molecule has 20 N–H and O–H groups in total. The van der Waals surface area contributed by atoms with E-state index in [2.05, 4.69) is 47.2 Å². The van der Waals surface area contributed by atoms with E-state index in [1.54, 1.807) is 13.8 Å². The van der Waals surface area contributed by atoms with Gasteiger partial charge in [-0.15, -0.1) is 0 Å². The van der Waals surface area contributed by atoms with Crippen LogP contribution < -0.4 is 59.7 Å². The van der Waals surface area contributed by atoms with Crippen LogP contribution in [0.25, 0.3) is 0 Å². The van der Waals surface area contributed by atoms with Crippen LogP contribution in [0.2, 0.25) is 0 Å². The molecular formula is C43H68N14O18. The molecule has 11 amide bonds. The maximum Gasteiger partial charge on any atom is 0.328 e. The van der Waals surface area contributed by atoms with Crippen molar-refractivity contribution >= 4 is 76.9 Å². The second kappa shape index (κ2) is 31.7. The standard InChI is InChI=1S/C43H68N14O18/c1-3-20(2)34(56-32(63)15-48-35(66)22(44)16-58)41(72)52-25(7-10-31(46)62)42(73)57-12-4-5-29(57)40(71)51-24(8-11-33(64)65)36(67)50-23(6-9-30(45)61)37(68)53-26(13-21-14-47-19-49-21)38(69)54-27(17-59)39(70)55-28(18-60)43(74)75/h14,19-20,22-29,34,58-60H,3-13,15-18,44H2,1-2H3,(H2,45,61)(H2,46,62)(H,47,49)(H,48,66)(H,50,67)(H,51,71)(H,52,72)(H,53,68)(H,54,69)(H,55,70)(H,56,63)(H,64,65)(H,74,75)/t20-,22-,23-,24-,25-,26-,27-,28-,29-,34-/m0/s1. The first kappa shape index (κ1) is 63.3. The average Bonchev–Trinajstić information content (AvgIpc) is 4.09. The molecule has 0 saturated carbocycles. The number of aromatic nitrogens is 2. The fourth-order valence-corrected chi connectivity index (χ4v) is 7.27. The number of rotatable bonds is 34. The Hall–Kier alpha value is -7.84. The number of nitrogens with zero attached hydrogens (tertiary/aromatic N) is 2. The summed E-state index contributed by atoms with van der Waals surface area (Å²) in [7, 11) is 0. The number of primary amides is 2. The minimum atomic E-state index is -1.82. The summed E-state index contributed by atoms with van der Waals surface area (Å²) in [6.45, 7) is -0.263. The number of aliphatic hydroxyl groups excluding tert-OH is 3. The summed E-state index contributed by atoms with van der Waals surface area (Å²) in [6.07, 6.45) is -0.656. The van der Waals surface area contributed by atoms with Crippen LogP contribution in [0.5, 0.6) is 0 Å². The number of aliphatic hydroxyl groups is 3. The Morgan fingerprint density at radius 1 is 0.680 bits per heavy atom. The molecule has 0 aromatic carbocycles. The highest BCUT2D eigenvalue weighted by molar-refractivity contribution is 5.99. The zero-order valence-electron chi connectivity index (χ0n) is 41.2. The van der Waals surface area contributed by atoms with Crippen molar-refractivity contribution in [2.24, 2.45) is 23.1 Å². The monoisotopic (exact) mass is 1070 g/mol. The van der Waals surface area contributed by atoms with Gasteiger partial charge in [-0.2, -0.15) is 0 Å². The highest BCUT2D eigenvalue weighted by Gasteiger charge is 2.41. The van der Waals surface area contributed by atoms with E-state index in [4.69, 9.17) is 22.3 Å². The van der Waals surface area contributed by atoms with Gasteiger partial charge in [0.25, 0.3) is 0 Å². The summed E-state index contributed by atoms with van der Waals surface area (Å²) in [5.41, 5.74) is 16.4. The van der Waals surface area contributed by atoms with E-state index in [0.29, 0.717) is 6.42 Å². The number of amides is 11. The number of hydrogen-bond acceptors (Lipinski definition) is 18. The van der Waals surface area contributed by atoms with Crippen molar-refractivity contribution in [3.8, 4) is 0 Å². The SMILES string of the molecule is CC[C@H](C)[C@H](NC(=O)CNC(=O)[C@@H](N)CO)C(=O)N[C@@H](CCC(N)=O)C(=O)N1CCC[C@H]1C(=O)N[C@@H](CCC(=O)O)C(=O)N[C@@H](CCC(N)=O)C(=O)N[C@@H](Cc1cnc[nH]1)C(=O)N[C@@H](CO)C(=O)N[C@@H](CO)C(=O)O. The lowest BCUT2D eigenvalue weighted by atomic mass is 9.97. The fraction of sp³-hybridized carbons (Fsp3) is 0.628. The molecule has 75 heavy (non-hydrogen) atoms. The summed E-state index contributed by atoms with van der Waals surface area (Å²) >= 11 is 0. The predicted octanol–water partition coefficient (Wildman–Crippen LogP) is -8.72. The molecule has 1 saturated heterocycles. The van der Waals surface area contributed by atoms with Crippen LogP contribution in [0, 0.1) is 5.92 Å². The van der Waals surface area contributed by atoms with Crippen molar-refractivity contribution in [2.45, 2.75) is 132 Å². The first-order chi connectivity index (χ1) is 35.4. The lowest BCUT2D eigenvalue weighted by molar-refractivity contribution is -0.143. The van der Waals surface area contributed by atoms with Crippen molar-refractivity contribution in [3.05, 3.63) is 18.2 Å². The van der Waals surface area contributed by atoms with Crippen LogP contribution in [-0.2, 0) is 68.7 Å². The van der Waals surface area contributed by atoms with Gasteiger partial charge in [0.2, 0.25) is 65.0 Å². The number of carbonyl (C=O) groups is 13. The quantitative estimate of drug-likeness (QED) is 0.0305. The molecular weight excluding hydrogens is 1000 g/mol. The molecule has 0 aliphatic carbocycles. The lowest BCUT2D eigenvalue weighted by Gasteiger charge is -2.31. The largest absolute Gasteiger partial charge is 0.481 e. The van der Waals surface area contributed by atoms with Gasteiger partial charge in [0.1, 0.15) is 54.4 Å². The minimum Gasteiger partial charge on any atom is -0.481 e. The number of H-pyrrole nitrogens is 1. The molecule has 1 aliphatic rings. The molecule has 32 nitrogen and oxygen atoms in total. The topological polar surface area (TPSA) is 529 Å².